The Hall–Kier alpha value is -1.09. The van der Waals surface area contributed by atoms with Crippen LogP contribution in [0.3, 0.4) is 0 Å². The van der Waals surface area contributed by atoms with E-state index in [1.807, 2.05) is 24.3 Å². The Kier molecular flexibility index (Phi) is 1.96. The summed E-state index contributed by atoms with van der Waals surface area (Å²) in [5, 5.41) is 0.834. The standard InChI is InChI=1S/C10H11NOS/c1-7(2)11-9-6-4-3-5-8(9)10(12)13-11/h3-7H,1-2H3. The first-order valence-electron chi connectivity index (χ1n) is 4.30. The molecule has 0 aliphatic rings. The zero-order valence-electron chi connectivity index (χ0n) is 7.65. The maximum atomic E-state index is 11.5. The van der Waals surface area contributed by atoms with E-state index in [0.717, 1.165) is 10.9 Å². The maximum absolute atomic E-state index is 11.5. The van der Waals surface area contributed by atoms with Crippen molar-refractivity contribution in [2.45, 2.75) is 19.9 Å². The first-order valence-corrected chi connectivity index (χ1v) is 5.08. The van der Waals surface area contributed by atoms with Gasteiger partial charge in [-0.05, 0) is 37.5 Å². The van der Waals surface area contributed by atoms with Crippen LogP contribution in [0.1, 0.15) is 19.9 Å². The van der Waals surface area contributed by atoms with Gasteiger partial charge in [-0.15, -0.1) is 0 Å². The van der Waals surface area contributed by atoms with Gasteiger partial charge in [0, 0.05) is 6.04 Å². The highest BCUT2D eigenvalue weighted by Crippen LogP contribution is 2.18. The summed E-state index contributed by atoms with van der Waals surface area (Å²) in [7, 11) is 0. The van der Waals surface area contributed by atoms with Crippen molar-refractivity contribution in [1.82, 2.24) is 3.96 Å². The van der Waals surface area contributed by atoms with Crippen LogP contribution in [0.15, 0.2) is 29.1 Å². The lowest BCUT2D eigenvalue weighted by atomic mass is 10.2. The molecule has 0 atom stereocenters. The first-order chi connectivity index (χ1) is 6.20. The predicted octanol–water partition coefficient (Wildman–Crippen LogP) is 2.64. The monoisotopic (exact) mass is 193 g/mol. The Morgan fingerprint density at radius 3 is 2.69 bits per heavy atom. The normalized spacial score (nSPS) is 11.3. The summed E-state index contributed by atoms with van der Waals surface area (Å²) in [6.45, 7) is 4.17. The summed E-state index contributed by atoms with van der Waals surface area (Å²) >= 11 is 1.30. The third-order valence-electron chi connectivity index (χ3n) is 2.01. The predicted molar refractivity (Wildman–Crippen MR) is 56.5 cm³/mol. The molecule has 3 heteroatoms. The van der Waals surface area contributed by atoms with Gasteiger partial charge in [0.2, 0.25) is 0 Å². The molecule has 0 aliphatic heterocycles. The molecule has 1 aromatic heterocycles. The number of benzene rings is 1. The van der Waals surface area contributed by atoms with E-state index in [0.29, 0.717) is 6.04 Å². The third kappa shape index (κ3) is 1.29. The second-order valence-electron chi connectivity index (χ2n) is 3.32. The van der Waals surface area contributed by atoms with Crippen LogP contribution in [0.25, 0.3) is 10.9 Å². The fourth-order valence-electron chi connectivity index (χ4n) is 1.41. The number of aromatic nitrogens is 1. The highest BCUT2D eigenvalue weighted by atomic mass is 32.1. The lowest BCUT2D eigenvalue weighted by molar-refractivity contribution is 0.669. The van der Waals surface area contributed by atoms with Gasteiger partial charge < -0.3 is 0 Å². The fourth-order valence-corrected chi connectivity index (χ4v) is 2.33. The van der Waals surface area contributed by atoms with Crippen molar-refractivity contribution in [3.05, 3.63) is 33.8 Å². The van der Waals surface area contributed by atoms with E-state index in [2.05, 4.69) is 17.8 Å². The number of hydrogen-bond acceptors (Lipinski definition) is 2. The van der Waals surface area contributed by atoms with Gasteiger partial charge in [-0.3, -0.25) is 8.75 Å². The van der Waals surface area contributed by atoms with E-state index < -0.39 is 0 Å². The molecular weight excluding hydrogens is 182 g/mol. The molecule has 0 radical (unpaired) electrons. The second kappa shape index (κ2) is 3.00. The number of nitrogens with zero attached hydrogens (tertiary/aromatic N) is 1. The van der Waals surface area contributed by atoms with Crippen molar-refractivity contribution in [2.24, 2.45) is 0 Å². The largest absolute Gasteiger partial charge is 0.292 e. The van der Waals surface area contributed by atoms with Crippen molar-refractivity contribution in [3.63, 3.8) is 0 Å². The lowest BCUT2D eigenvalue weighted by Crippen LogP contribution is -1.95. The Bertz CT molecular complexity index is 481. The molecule has 0 bridgehead atoms. The highest BCUT2D eigenvalue weighted by Gasteiger charge is 2.07. The number of rotatable bonds is 1. The third-order valence-corrected chi connectivity index (χ3v) is 3.21. The van der Waals surface area contributed by atoms with Crippen LogP contribution in [0.2, 0.25) is 0 Å². The molecule has 2 rings (SSSR count). The molecule has 2 nitrogen and oxygen atoms in total. The quantitative estimate of drug-likeness (QED) is 0.682. The Balaban J connectivity index is 2.86. The van der Waals surface area contributed by atoms with Gasteiger partial charge in [-0.2, -0.15) is 0 Å². The summed E-state index contributed by atoms with van der Waals surface area (Å²) in [5.41, 5.74) is 1.05. The first kappa shape index (κ1) is 8.51. The summed E-state index contributed by atoms with van der Waals surface area (Å²) < 4.78 is 2.21. The van der Waals surface area contributed by atoms with Gasteiger partial charge in [0.05, 0.1) is 10.9 Å². The molecule has 0 fully saturated rings. The molecule has 1 aromatic carbocycles. The molecule has 0 saturated carbocycles. The molecule has 0 amide bonds. The number of para-hydroxylation sites is 1. The zero-order valence-corrected chi connectivity index (χ0v) is 8.47. The molecule has 0 spiro atoms. The van der Waals surface area contributed by atoms with Gasteiger partial charge >= 0.3 is 0 Å². The van der Waals surface area contributed by atoms with E-state index in [4.69, 9.17) is 0 Å². The van der Waals surface area contributed by atoms with Crippen LogP contribution in [-0.4, -0.2) is 3.96 Å². The average Bonchev–Trinajstić information content (AvgIpc) is 2.45. The van der Waals surface area contributed by atoms with E-state index >= 15 is 0 Å². The minimum absolute atomic E-state index is 0.157. The van der Waals surface area contributed by atoms with Crippen LogP contribution < -0.4 is 4.74 Å². The van der Waals surface area contributed by atoms with Crippen molar-refractivity contribution < 1.29 is 0 Å². The molecule has 13 heavy (non-hydrogen) atoms. The minimum Gasteiger partial charge on any atom is -0.292 e. The molecule has 0 unspecified atom stereocenters. The summed E-state index contributed by atoms with van der Waals surface area (Å²) in [6.07, 6.45) is 0. The van der Waals surface area contributed by atoms with Crippen molar-refractivity contribution in [1.29, 1.82) is 0 Å². The molecule has 0 saturated heterocycles. The fraction of sp³-hybridized carbons (Fsp3) is 0.300. The average molecular weight is 193 g/mol. The molecule has 2 aromatic rings. The van der Waals surface area contributed by atoms with Crippen molar-refractivity contribution in [2.75, 3.05) is 0 Å². The Morgan fingerprint density at radius 1 is 1.31 bits per heavy atom. The smallest absolute Gasteiger partial charge is 0.257 e. The highest BCUT2D eigenvalue weighted by molar-refractivity contribution is 7.05. The van der Waals surface area contributed by atoms with Gasteiger partial charge in [-0.25, -0.2) is 0 Å². The van der Waals surface area contributed by atoms with Gasteiger partial charge in [-0.1, -0.05) is 12.1 Å². The summed E-state index contributed by atoms with van der Waals surface area (Å²) in [4.78, 5) is 11.5. The Morgan fingerprint density at radius 2 is 2.00 bits per heavy atom. The molecule has 1 heterocycles. The van der Waals surface area contributed by atoms with E-state index in [9.17, 15) is 4.79 Å². The second-order valence-corrected chi connectivity index (χ2v) is 4.26. The minimum atomic E-state index is 0.157. The SMILES string of the molecule is CC(C)n1sc(=O)c2ccccc21. The van der Waals surface area contributed by atoms with Crippen molar-refractivity contribution >= 4 is 22.4 Å². The van der Waals surface area contributed by atoms with Crippen LogP contribution in [0.5, 0.6) is 0 Å². The van der Waals surface area contributed by atoms with Crippen LogP contribution in [0.4, 0.5) is 0 Å². The Labute approximate surface area is 80.6 Å². The molecular formula is C10H11NOS. The van der Waals surface area contributed by atoms with Crippen LogP contribution in [0, 0.1) is 0 Å². The maximum Gasteiger partial charge on any atom is 0.257 e. The van der Waals surface area contributed by atoms with E-state index in [-0.39, 0.29) is 4.74 Å². The van der Waals surface area contributed by atoms with E-state index in [1.54, 1.807) is 0 Å². The van der Waals surface area contributed by atoms with Crippen molar-refractivity contribution in [3.8, 4) is 0 Å². The van der Waals surface area contributed by atoms with Crippen LogP contribution in [-0.2, 0) is 0 Å². The van der Waals surface area contributed by atoms with Gasteiger partial charge in [0.15, 0.2) is 0 Å². The molecule has 68 valence electrons. The number of fused-ring (bicyclic) bond motifs is 1. The van der Waals surface area contributed by atoms with Gasteiger partial charge in [0.25, 0.3) is 4.74 Å². The zero-order chi connectivity index (χ0) is 9.42. The lowest BCUT2D eigenvalue weighted by Gasteiger charge is -2.05. The summed E-state index contributed by atoms with van der Waals surface area (Å²) in [5.74, 6) is 0. The van der Waals surface area contributed by atoms with Gasteiger partial charge in [0.1, 0.15) is 0 Å². The topological polar surface area (TPSA) is 22.0 Å². The molecule has 0 aliphatic carbocycles. The summed E-state index contributed by atoms with van der Waals surface area (Å²) in [6, 6.07) is 8.10. The molecule has 0 N–H and O–H groups in total. The van der Waals surface area contributed by atoms with Crippen LogP contribution >= 0.6 is 11.5 Å². The van der Waals surface area contributed by atoms with E-state index in [1.165, 1.54) is 11.5 Å². The number of hydrogen-bond donors (Lipinski definition) is 0.